The summed E-state index contributed by atoms with van der Waals surface area (Å²) >= 11 is 0. The van der Waals surface area contributed by atoms with Crippen molar-refractivity contribution in [3.05, 3.63) is 0 Å². The molecular formula is C14H26O4. The molecule has 0 bridgehead atoms. The van der Waals surface area contributed by atoms with Crippen LogP contribution in [0.15, 0.2) is 0 Å². The largest absolute Gasteiger partial charge is 0.469 e. The maximum Gasteiger partial charge on any atom is 0.309 e. The van der Waals surface area contributed by atoms with E-state index in [-0.39, 0.29) is 24.3 Å². The number of carbonyl (C=O) groups is 2. The van der Waals surface area contributed by atoms with E-state index in [2.05, 4.69) is 6.92 Å². The summed E-state index contributed by atoms with van der Waals surface area (Å²) in [6.07, 6.45) is 6.50. The zero-order valence-electron chi connectivity index (χ0n) is 11.9. The molecule has 0 aliphatic heterocycles. The van der Waals surface area contributed by atoms with Gasteiger partial charge in [0.15, 0.2) is 0 Å². The van der Waals surface area contributed by atoms with Gasteiger partial charge in [-0.3, -0.25) is 9.59 Å². The Kier molecular flexibility index (Phi) is 10.4. The molecule has 0 aromatic heterocycles. The van der Waals surface area contributed by atoms with E-state index in [4.69, 9.17) is 9.47 Å². The molecule has 0 radical (unpaired) electrons. The van der Waals surface area contributed by atoms with Gasteiger partial charge in [-0.25, -0.2) is 0 Å². The Morgan fingerprint density at radius 1 is 1.06 bits per heavy atom. The molecule has 0 aromatic rings. The van der Waals surface area contributed by atoms with E-state index >= 15 is 0 Å². The Morgan fingerprint density at radius 2 is 1.72 bits per heavy atom. The summed E-state index contributed by atoms with van der Waals surface area (Å²) in [6.45, 7) is 4.27. The lowest BCUT2D eigenvalue weighted by Crippen LogP contribution is -2.21. The molecule has 1 unspecified atom stereocenters. The first-order chi connectivity index (χ1) is 8.65. The minimum atomic E-state index is -0.351. The second kappa shape index (κ2) is 11.1. The Hall–Kier alpha value is -1.06. The lowest BCUT2D eigenvalue weighted by molar-refractivity contribution is -0.153. The van der Waals surface area contributed by atoms with Gasteiger partial charge in [0.05, 0.1) is 26.1 Å². The lowest BCUT2D eigenvalue weighted by Gasteiger charge is -2.13. The van der Waals surface area contributed by atoms with E-state index in [0.29, 0.717) is 13.0 Å². The minimum Gasteiger partial charge on any atom is -0.469 e. The van der Waals surface area contributed by atoms with Crippen LogP contribution in [0.4, 0.5) is 0 Å². The maximum absolute atomic E-state index is 11.5. The summed E-state index contributed by atoms with van der Waals surface area (Å²) in [5.41, 5.74) is 0. The van der Waals surface area contributed by atoms with E-state index in [1.54, 1.807) is 6.92 Å². The van der Waals surface area contributed by atoms with Gasteiger partial charge in [0.1, 0.15) is 0 Å². The number of unbranched alkanes of at least 4 members (excludes halogenated alkanes) is 4. The zero-order chi connectivity index (χ0) is 13.8. The van der Waals surface area contributed by atoms with Crippen molar-refractivity contribution >= 4 is 11.9 Å². The van der Waals surface area contributed by atoms with Crippen LogP contribution in [-0.4, -0.2) is 25.7 Å². The van der Waals surface area contributed by atoms with Crippen LogP contribution in [0.5, 0.6) is 0 Å². The molecule has 0 amide bonds. The van der Waals surface area contributed by atoms with E-state index in [1.807, 2.05) is 0 Å². The van der Waals surface area contributed by atoms with Gasteiger partial charge in [0.25, 0.3) is 0 Å². The predicted molar refractivity (Wildman–Crippen MR) is 70.1 cm³/mol. The molecule has 4 nitrogen and oxygen atoms in total. The second-order valence-electron chi connectivity index (χ2n) is 4.43. The van der Waals surface area contributed by atoms with Crippen molar-refractivity contribution in [2.75, 3.05) is 13.7 Å². The van der Waals surface area contributed by atoms with Crippen molar-refractivity contribution in [3.8, 4) is 0 Å². The molecule has 0 fully saturated rings. The Bertz CT molecular complexity index is 238. The molecule has 0 aliphatic carbocycles. The van der Waals surface area contributed by atoms with Crippen LogP contribution in [-0.2, 0) is 19.1 Å². The van der Waals surface area contributed by atoms with Crippen LogP contribution in [0.3, 0.4) is 0 Å². The first-order valence-electron chi connectivity index (χ1n) is 6.89. The molecule has 106 valence electrons. The van der Waals surface area contributed by atoms with Crippen molar-refractivity contribution in [2.24, 2.45) is 5.92 Å². The van der Waals surface area contributed by atoms with Crippen molar-refractivity contribution < 1.29 is 19.1 Å². The van der Waals surface area contributed by atoms with Crippen LogP contribution < -0.4 is 0 Å². The highest BCUT2D eigenvalue weighted by atomic mass is 16.5. The number of esters is 2. The normalized spacial score (nSPS) is 11.9. The van der Waals surface area contributed by atoms with E-state index in [1.165, 1.54) is 26.4 Å². The molecule has 0 aromatic carbocycles. The summed E-state index contributed by atoms with van der Waals surface area (Å²) in [5.74, 6) is -0.976. The van der Waals surface area contributed by atoms with Gasteiger partial charge in [-0.1, -0.05) is 39.0 Å². The highest BCUT2D eigenvalue weighted by Gasteiger charge is 2.22. The average molecular weight is 258 g/mol. The highest BCUT2D eigenvalue weighted by Crippen LogP contribution is 2.17. The fourth-order valence-corrected chi connectivity index (χ4v) is 1.89. The van der Waals surface area contributed by atoms with Crippen LogP contribution in [0, 0.1) is 5.92 Å². The molecule has 0 N–H and O–H groups in total. The third kappa shape index (κ3) is 8.09. The molecule has 1 atom stereocenters. The molecule has 4 heteroatoms. The van der Waals surface area contributed by atoms with Crippen LogP contribution in [0.1, 0.15) is 58.8 Å². The SMILES string of the molecule is CCCCCCCC(CC(=O)OCC)C(=O)OC. The average Bonchev–Trinajstić information content (AvgIpc) is 2.36. The van der Waals surface area contributed by atoms with Gasteiger partial charge in [-0.15, -0.1) is 0 Å². The quantitative estimate of drug-likeness (QED) is 0.446. The van der Waals surface area contributed by atoms with Gasteiger partial charge in [0, 0.05) is 0 Å². The van der Waals surface area contributed by atoms with Gasteiger partial charge >= 0.3 is 11.9 Å². The number of rotatable bonds is 10. The first kappa shape index (κ1) is 16.9. The van der Waals surface area contributed by atoms with Gasteiger partial charge < -0.3 is 9.47 Å². The summed E-state index contributed by atoms with van der Waals surface area (Å²) in [6, 6.07) is 0. The molecule has 0 saturated heterocycles. The molecule has 0 heterocycles. The number of hydrogen-bond donors (Lipinski definition) is 0. The van der Waals surface area contributed by atoms with Gasteiger partial charge in [-0.2, -0.15) is 0 Å². The van der Waals surface area contributed by atoms with Crippen molar-refractivity contribution in [1.29, 1.82) is 0 Å². The predicted octanol–water partition coefficient (Wildman–Crippen LogP) is 3.09. The Morgan fingerprint density at radius 3 is 2.28 bits per heavy atom. The van der Waals surface area contributed by atoms with E-state index in [0.717, 1.165) is 12.8 Å². The molecule has 18 heavy (non-hydrogen) atoms. The second-order valence-corrected chi connectivity index (χ2v) is 4.43. The summed E-state index contributed by atoms with van der Waals surface area (Å²) < 4.78 is 9.59. The molecule has 0 saturated carbocycles. The molecule has 0 aliphatic rings. The minimum absolute atomic E-state index is 0.133. The smallest absolute Gasteiger partial charge is 0.309 e. The summed E-state index contributed by atoms with van der Waals surface area (Å²) in [7, 11) is 1.36. The van der Waals surface area contributed by atoms with Gasteiger partial charge in [0.2, 0.25) is 0 Å². The monoisotopic (exact) mass is 258 g/mol. The van der Waals surface area contributed by atoms with Crippen molar-refractivity contribution in [1.82, 2.24) is 0 Å². The third-order valence-electron chi connectivity index (χ3n) is 2.91. The van der Waals surface area contributed by atoms with Crippen molar-refractivity contribution in [3.63, 3.8) is 0 Å². The van der Waals surface area contributed by atoms with Crippen molar-refractivity contribution in [2.45, 2.75) is 58.8 Å². The molecular weight excluding hydrogens is 232 g/mol. The number of hydrogen-bond acceptors (Lipinski definition) is 4. The summed E-state index contributed by atoms with van der Waals surface area (Å²) in [5, 5.41) is 0. The fourth-order valence-electron chi connectivity index (χ4n) is 1.89. The number of methoxy groups -OCH3 is 1. The topological polar surface area (TPSA) is 52.6 Å². The van der Waals surface area contributed by atoms with E-state index < -0.39 is 0 Å². The third-order valence-corrected chi connectivity index (χ3v) is 2.91. The van der Waals surface area contributed by atoms with Crippen LogP contribution in [0.25, 0.3) is 0 Å². The lowest BCUT2D eigenvalue weighted by atomic mass is 9.97. The molecule has 0 spiro atoms. The van der Waals surface area contributed by atoms with E-state index in [9.17, 15) is 9.59 Å². The highest BCUT2D eigenvalue weighted by molar-refractivity contribution is 5.79. The Balaban J connectivity index is 3.99. The first-order valence-corrected chi connectivity index (χ1v) is 6.89. The summed E-state index contributed by atoms with van der Waals surface area (Å²) in [4.78, 5) is 22.9. The number of ether oxygens (including phenoxy) is 2. The van der Waals surface area contributed by atoms with Crippen LogP contribution >= 0.6 is 0 Å². The van der Waals surface area contributed by atoms with Crippen LogP contribution in [0.2, 0.25) is 0 Å². The molecule has 0 rings (SSSR count). The standard InChI is InChI=1S/C14H26O4/c1-4-6-7-8-9-10-12(14(16)17-3)11-13(15)18-5-2/h12H,4-11H2,1-3H3. The number of carbonyl (C=O) groups excluding carboxylic acids is 2. The Labute approximate surface area is 110 Å². The maximum atomic E-state index is 11.5. The fraction of sp³-hybridized carbons (Fsp3) is 0.857. The zero-order valence-corrected chi connectivity index (χ0v) is 11.9. The van der Waals surface area contributed by atoms with Gasteiger partial charge in [-0.05, 0) is 13.3 Å².